The Morgan fingerprint density at radius 2 is 2.12 bits per heavy atom. The van der Waals surface area contributed by atoms with E-state index in [1.54, 1.807) is 7.05 Å². The van der Waals surface area contributed by atoms with E-state index in [0.717, 1.165) is 41.1 Å². The summed E-state index contributed by atoms with van der Waals surface area (Å²) in [5.74, 6) is 0.785. The number of amides is 1. The molecule has 3 rings (SSSR count). The second kappa shape index (κ2) is 5.92. The van der Waals surface area contributed by atoms with Crippen LogP contribution < -0.4 is 16.0 Å². The number of carbonyl (C=O) groups excluding carboxylic acids is 1. The Bertz CT molecular complexity index is 761. The molecule has 0 bridgehead atoms. The van der Waals surface area contributed by atoms with Crippen molar-refractivity contribution in [3.05, 3.63) is 22.9 Å². The predicted octanol–water partition coefficient (Wildman–Crippen LogP) is 2.34. The summed E-state index contributed by atoms with van der Waals surface area (Å²) in [5, 5.41) is 3.00. The largest absolute Gasteiger partial charge is 0.398 e. The van der Waals surface area contributed by atoms with Crippen LogP contribution in [0, 0.1) is 12.8 Å². The van der Waals surface area contributed by atoms with Crippen LogP contribution in [0.3, 0.4) is 0 Å². The minimum Gasteiger partial charge on any atom is -0.398 e. The number of nitrogens with zero attached hydrogens (tertiary/aromatic N) is 3. The first-order valence-corrected chi connectivity index (χ1v) is 8.34. The number of fused-ring (bicyclic) bond motifs is 1. The number of anilines is 2. The van der Waals surface area contributed by atoms with Crippen molar-refractivity contribution < 1.29 is 4.79 Å². The Balaban J connectivity index is 2.15. The van der Waals surface area contributed by atoms with E-state index in [2.05, 4.69) is 27.1 Å². The lowest BCUT2D eigenvalue weighted by Gasteiger charge is -2.37. The number of rotatable bonds is 3. The van der Waals surface area contributed by atoms with Gasteiger partial charge in [-0.05, 0) is 39.7 Å². The number of likely N-dealkylation sites (N-methyl/N-ethyl adjacent to an activating group) is 1. The van der Waals surface area contributed by atoms with Crippen molar-refractivity contribution in [2.75, 3.05) is 24.3 Å². The standard InChI is InChI=1S/C18H25N5O/c1-9-8-13-15(19)14(10(2)20-4)11(3)23(5)16(13)17(21-9)22-18(24)12-6-7-12/h8,11-12H,6-7,19H2,1-5H3,(H,21,22,24). The Labute approximate surface area is 142 Å². The highest BCUT2D eigenvalue weighted by Gasteiger charge is 2.34. The number of nitrogens with one attached hydrogen (secondary N) is 1. The molecule has 1 unspecified atom stereocenters. The maximum absolute atomic E-state index is 12.2. The van der Waals surface area contributed by atoms with Gasteiger partial charge < -0.3 is 16.0 Å². The van der Waals surface area contributed by atoms with Gasteiger partial charge in [-0.1, -0.05) is 0 Å². The van der Waals surface area contributed by atoms with Crippen LogP contribution in [-0.2, 0) is 4.79 Å². The molecule has 1 saturated carbocycles. The number of aromatic nitrogens is 1. The van der Waals surface area contributed by atoms with Gasteiger partial charge in [-0.2, -0.15) is 0 Å². The van der Waals surface area contributed by atoms with Crippen LogP contribution in [0.15, 0.2) is 16.6 Å². The van der Waals surface area contributed by atoms with Crippen molar-refractivity contribution in [3.63, 3.8) is 0 Å². The zero-order valence-corrected chi connectivity index (χ0v) is 15.0. The zero-order valence-electron chi connectivity index (χ0n) is 15.0. The van der Waals surface area contributed by atoms with Crippen LogP contribution in [0.5, 0.6) is 0 Å². The van der Waals surface area contributed by atoms with E-state index >= 15 is 0 Å². The van der Waals surface area contributed by atoms with Crippen molar-refractivity contribution in [1.82, 2.24) is 4.98 Å². The number of aliphatic imine (C=N–C) groups is 1. The molecule has 2 aliphatic rings. The third-order valence-corrected chi connectivity index (χ3v) is 4.97. The van der Waals surface area contributed by atoms with Gasteiger partial charge in [0.2, 0.25) is 5.91 Å². The van der Waals surface area contributed by atoms with Crippen LogP contribution >= 0.6 is 0 Å². The van der Waals surface area contributed by atoms with Crippen molar-refractivity contribution in [2.45, 2.75) is 39.7 Å². The van der Waals surface area contributed by atoms with Gasteiger partial charge in [0.15, 0.2) is 5.82 Å². The van der Waals surface area contributed by atoms with Gasteiger partial charge in [0.1, 0.15) is 0 Å². The van der Waals surface area contributed by atoms with E-state index in [-0.39, 0.29) is 17.9 Å². The average molecular weight is 327 g/mol. The molecule has 0 radical (unpaired) electrons. The summed E-state index contributed by atoms with van der Waals surface area (Å²) in [6, 6.07) is 2.03. The summed E-state index contributed by atoms with van der Waals surface area (Å²) in [6.07, 6.45) is 1.93. The summed E-state index contributed by atoms with van der Waals surface area (Å²) < 4.78 is 0. The Kier molecular flexibility index (Phi) is 4.07. The lowest BCUT2D eigenvalue weighted by molar-refractivity contribution is -0.117. The molecule has 1 aromatic heterocycles. The third-order valence-electron chi connectivity index (χ3n) is 4.97. The SMILES string of the molecule is CN=C(C)C1=C(N)c2cc(C)nc(NC(=O)C3CC3)c2N(C)C1C. The van der Waals surface area contributed by atoms with E-state index in [0.29, 0.717) is 11.5 Å². The fourth-order valence-electron chi connectivity index (χ4n) is 3.26. The van der Waals surface area contributed by atoms with Crippen LogP contribution in [0.2, 0.25) is 0 Å². The molecular weight excluding hydrogens is 302 g/mol. The minimum absolute atomic E-state index is 0.0519. The van der Waals surface area contributed by atoms with Gasteiger partial charge in [-0.15, -0.1) is 0 Å². The molecule has 2 heterocycles. The predicted molar refractivity (Wildman–Crippen MR) is 98.3 cm³/mol. The molecule has 128 valence electrons. The maximum Gasteiger partial charge on any atom is 0.228 e. The van der Waals surface area contributed by atoms with Gasteiger partial charge in [-0.25, -0.2) is 4.98 Å². The molecule has 1 amide bonds. The van der Waals surface area contributed by atoms with E-state index in [1.165, 1.54) is 0 Å². The van der Waals surface area contributed by atoms with Gasteiger partial charge in [0, 0.05) is 48.3 Å². The number of hydrogen-bond donors (Lipinski definition) is 2. The van der Waals surface area contributed by atoms with Crippen LogP contribution in [0.4, 0.5) is 11.5 Å². The molecule has 1 aliphatic carbocycles. The van der Waals surface area contributed by atoms with E-state index < -0.39 is 0 Å². The second-order valence-corrected chi connectivity index (χ2v) is 6.70. The number of nitrogens with two attached hydrogens (primary N) is 1. The molecule has 6 nitrogen and oxygen atoms in total. The molecule has 0 saturated heterocycles. The summed E-state index contributed by atoms with van der Waals surface area (Å²) in [6.45, 7) is 5.98. The van der Waals surface area contributed by atoms with E-state index in [1.807, 2.05) is 27.0 Å². The summed E-state index contributed by atoms with van der Waals surface area (Å²) >= 11 is 0. The van der Waals surface area contributed by atoms with E-state index in [9.17, 15) is 4.79 Å². The second-order valence-electron chi connectivity index (χ2n) is 6.70. The highest BCUT2D eigenvalue weighted by atomic mass is 16.2. The molecular formula is C18H25N5O. The minimum atomic E-state index is 0.0519. The Hall–Kier alpha value is -2.37. The van der Waals surface area contributed by atoms with Crippen LogP contribution in [-0.4, -0.2) is 36.7 Å². The van der Waals surface area contributed by atoms with Crippen molar-refractivity contribution in [3.8, 4) is 0 Å². The van der Waals surface area contributed by atoms with Gasteiger partial charge in [0.05, 0.1) is 11.7 Å². The molecule has 1 atom stereocenters. The van der Waals surface area contributed by atoms with E-state index in [4.69, 9.17) is 5.73 Å². The normalized spacial score (nSPS) is 21.0. The molecule has 6 heteroatoms. The van der Waals surface area contributed by atoms with Gasteiger partial charge in [0.25, 0.3) is 0 Å². The number of pyridine rings is 1. The van der Waals surface area contributed by atoms with Crippen molar-refractivity contribution >= 4 is 28.8 Å². The fraction of sp³-hybridized carbons (Fsp3) is 0.500. The summed E-state index contributed by atoms with van der Waals surface area (Å²) in [4.78, 5) is 23.2. The highest BCUT2D eigenvalue weighted by Crippen LogP contribution is 2.41. The first-order chi connectivity index (χ1) is 11.3. The van der Waals surface area contributed by atoms with Gasteiger partial charge in [-0.3, -0.25) is 9.79 Å². The molecule has 0 spiro atoms. The summed E-state index contributed by atoms with van der Waals surface area (Å²) in [7, 11) is 3.78. The smallest absolute Gasteiger partial charge is 0.228 e. The number of hydrogen-bond acceptors (Lipinski definition) is 5. The average Bonchev–Trinajstić information content (AvgIpc) is 3.37. The maximum atomic E-state index is 12.2. The lowest BCUT2D eigenvalue weighted by Crippen LogP contribution is -2.39. The molecule has 1 aliphatic heterocycles. The molecule has 24 heavy (non-hydrogen) atoms. The van der Waals surface area contributed by atoms with Crippen LogP contribution in [0.25, 0.3) is 5.70 Å². The molecule has 1 fully saturated rings. The quantitative estimate of drug-likeness (QED) is 0.835. The monoisotopic (exact) mass is 327 g/mol. The Morgan fingerprint density at radius 3 is 2.71 bits per heavy atom. The van der Waals surface area contributed by atoms with Crippen molar-refractivity contribution in [1.29, 1.82) is 0 Å². The number of carbonyl (C=O) groups is 1. The summed E-state index contributed by atoms with van der Waals surface area (Å²) in [5.41, 5.74) is 11.8. The van der Waals surface area contributed by atoms with Crippen molar-refractivity contribution in [2.24, 2.45) is 16.6 Å². The first kappa shape index (κ1) is 16.5. The third kappa shape index (κ3) is 2.66. The highest BCUT2D eigenvalue weighted by molar-refractivity contribution is 6.09. The molecule has 1 aromatic rings. The number of aryl methyl sites for hydroxylation is 1. The van der Waals surface area contributed by atoms with Gasteiger partial charge >= 0.3 is 0 Å². The lowest BCUT2D eigenvalue weighted by atomic mass is 9.91. The molecule has 3 N–H and O–H groups in total. The van der Waals surface area contributed by atoms with Crippen LogP contribution in [0.1, 0.15) is 37.9 Å². The fourth-order valence-corrected chi connectivity index (χ4v) is 3.26. The molecule has 0 aromatic carbocycles. The Morgan fingerprint density at radius 1 is 1.46 bits per heavy atom. The topological polar surface area (TPSA) is 83.6 Å². The zero-order chi connectivity index (χ0) is 17.6. The first-order valence-electron chi connectivity index (χ1n) is 8.34.